The normalized spacial score (nSPS) is 12.2. The average molecular weight is 544 g/mol. The molecule has 2 heterocycles. The van der Waals surface area contributed by atoms with Crippen molar-refractivity contribution in [1.29, 1.82) is 0 Å². The van der Waals surface area contributed by atoms with Crippen LogP contribution in [0.5, 0.6) is 0 Å². The van der Waals surface area contributed by atoms with Gasteiger partial charge in [-0.2, -0.15) is 0 Å². The summed E-state index contributed by atoms with van der Waals surface area (Å²) in [6.07, 6.45) is 4.71. The molecule has 0 radical (unpaired) electrons. The molecule has 0 aliphatic heterocycles. The molecule has 0 aliphatic carbocycles. The zero-order chi connectivity index (χ0) is 26.6. The lowest BCUT2D eigenvalue weighted by Gasteiger charge is -2.18. The number of benzene rings is 1. The summed E-state index contributed by atoms with van der Waals surface area (Å²) < 4.78 is 0. The molecular formula is C25H26ClN5O5S. The molecule has 1 unspecified atom stereocenters. The fourth-order valence-electron chi connectivity index (χ4n) is 3.53. The van der Waals surface area contributed by atoms with Gasteiger partial charge in [-0.1, -0.05) is 24.1 Å². The Labute approximate surface area is 222 Å². The van der Waals surface area contributed by atoms with Crippen molar-refractivity contribution in [3.63, 3.8) is 0 Å². The number of nitrogens with zero attached hydrogens (tertiary/aromatic N) is 2. The number of carbonyl (C=O) groups excluding carboxylic acids is 3. The Morgan fingerprint density at radius 2 is 1.89 bits per heavy atom. The van der Waals surface area contributed by atoms with E-state index in [0.717, 1.165) is 10.6 Å². The molecule has 2 aromatic heterocycles. The van der Waals surface area contributed by atoms with Crippen LogP contribution in [0.3, 0.4) is 0 Å². The van der Waals surface area contributed by atoms with Gasteiger partial charge in [-0.25, -0.2) is 4.98 Å². The topological polar surface area (TPSA) is 150 Å². The highest BCUT2D eigenvalue weighted by atomic mass is 35.5. The number of hydrogen-bond acceptors (Lipinski definition) is 8. The highest BCUT2D eigenvalue weighted by molar-refractivity contribution is 7.10. The standard InChI is InChI=1S/C25H26ClN5O5S/c26-21-13-27-14-22(31-21)29-17-8-6-16(7-9-17)24(35)28-10-2-1-4-19(20-5-3-11-37-20)25(36)30-18(15-32)12-23(33)34/h3,5-9,11,13-15,18-19H,1-2,4,10,12H2,(H,28,35)(H,29,31)(H,30,36)(H,33,34)/t18-,19?/m0/s1. The molecule has 0 bridgehead atoms. The van der Waals surface area contributed by atoms with Crippen LogP contribution in [0.25, 0.3) is 0 Å². The van der Waals surface area contributed by atoms with Gasteiger partial charge >= 0.3 is 5.97 Å². The molecule has 0 saturated heterocycles. The van der Waals surface area contributed by atoms with Crippen molar-refractivity contribution >= 4 is 58.5 Å². The van der Waals surface area contributed by atoms with Crippen LogP contribution >= 0.6 is 22.9 Å². The third-order valence-electron chi connectivity index (χ3n) is 5.32. The van der Waals surface area contributed by atoms with Gasteiger partial charge in [0.15, 0.2) is 5.82 Å². The number of thiophene rings is 1. The Balaban J connectivity index is 1.45. The first-order valence-electron chi connectivity index (χ1n) is 11.5. The lowest BCUT2D eigenvalue weighted by molar-refractivity contribution is -0.138. The van der Waals surface area contributed by atoms with Crippen LogP contribution in [0.15, 0.2) is 54.2 Å². The van der Waals surface area contributed by atoms with E-state index < -0.39 is 24.3 Å². The van der Waals surface area contributed by atoms with E-state index in [2.05, 4.69) is 25.9 Å². The lowest BCUT2D eigenvalue weighted by Crippen LogP contribution is -2.40. The molecule has 4 N–H and O–H groups in total. The van der Waals surface area contributed by atoms with Gasteiger partial charge in [-0.15, -0.1) is 11.3 Å². The molecule has 3 aromatic rings. The number of anilines is 2. The molecule has 0 aliphatic rings. The minimum Gasteiger partial charge on any atom is -0.481 e. The second-order valence-electron chi connectivity index (χ2n) is 8.10. The van der Waals surface area contributed by atoms with E-state index in [4.69, 9.17) is 16.7 Å². The molecule has 0 spiro atoms. The molecular weight excluding hydrogens is 518 g/mol. The Morgan fingerprint density at radius 1 is 1.11 bits per heavy atom. The average Bonchev–Trinajstić information content (AvgIpc) is 3.40. The summed E-state index contributed by atoms with van der Waals surface area (Å²) in [5, 5.41) is 19.5. The number of rotatable bonds is 14. The lowest BCUT2D eigenvalue weighted by atomic mass is 9.98. The van der Waals surface area contributed by atoms with Gasteiger partial charge in [0.25, 0.3) is 5.91 Å². The molecule has 1 aromatic carbocycles. The van der Waals surface area contributed by atoms with E-state index in [1.807, 2.05) is 17.5 Å². The maximum atomic E-state index is 12.8. The number of carbonyl (C=O) groups is 4. The van der Waals surface area contributed by atoms with Crippen molar-refractivity contribution in [2.75, 3.05) is 11.9 Å². The van der Waals surface area contributed by atoms with Gasteiger partial charge in [0.05, 0.1) is 30.8 Å². The van der Waals surface area contributed by atoms with Crippen molar-refractivity contribution < 1.29 is 24.3 Å². The Morgan fingerprint density at radius 3 is 2.54 bits per heavy atom. The van der Waals surface area contributed by atoms with E-state index in [-0.39, 0.29) is 17.0 Å². The van der Waals surface area contributed by atoms with Gasteiger partial charge in [0.2, 0.25) is 5.91 Å². The number of hydrogen-bond donors (Lipinski definition) is 4. The number of amides is 2. The van der Waals surface area contributed by atoms with E-state index in [9.17, 15) is 19.2 Å². The highest BCUT2D eigenvalue weighted by Gasteiger charge is 2.24. The minimum absolute atomic E-state index is 0.218. The Kier molecular flexibility index (Phi) is 10.5. The third-order valence-corrected chi connectivity index (χ3v) is 6.49. The van der Waals surface area contributed by atoms with Gasteiger partial charge in [-0.3, -0.25) is 19.4 Å². The summed E-state index contributed by atoms with van der Waals surface area (Å²) in [5.74, 6) is -1.78. The SMILES string of the molecule is O=C[C@H](CC(=O)O)NC(=O)C(CCCCNC(=O)c1ccc(Nc2cncc(Cl)n2)cc1)c1cccs1. The summed E-state index contributed by atoms with van der Waals surface area (Å²) >= 11 is 7.25. The Hall–Kier alpha value is -3.83. The van der Waals surface area contributed by atoms with Gasteiger partial charge in [-0.05, 0) is 48.6 Å². The summed E-state index contributed by atoms with van der Waals surface area (Å²) in [6, 6.07) is 9.46. The summed E-state index contributed by atoms with van der Waals surface area (Å²) in [5.41, 5.74) is 1.23. The van der Waals surface area contributed by atoms with Crippen LogP contribution in [0.1, 0.15) is 46.8 Å². The van der Waals surface area contributed by atoms with E-state index in [1.54, 1.807) is 24.3 Å². The van der Waals surface area contributed by atoms with Crippen LogP contribution in [-0.2, 0) is 14.4 Å². The zero-order valence-corrected chi connectivity index (χ0v) is 21.3. The number of aldehydes is 1. The van der Waals surface area contributed by atoms with E-state index in [0.29, 0.717) is 43.5 Å². The predicted octanol–water partition coefficient (Wildman–Crippen LogP) is 3.78. The monoisotopic (exact) mass is 543 g/mol. The summed E-state index contributed by atoms with van der Waals surface area (Å²) in [4.78, 5) is 56.2. The first kappa shape index (κ1) is 27.8. The predicted molar refractivity (Wildman–Crippen MR) is 140 cm³/mol. The van der Waals surface area contributed by atoms with Crippen LogP contribution in [-0.4, -0.2) is 51.7 Å². The van der Waals surface area contributed by atoms with Crippen molar-refractivity contribution in [1.82, 2.24) is 20.6 Å². The number of halogens is 1. The number of unbranched alkanes of at least 4 members (excludes halogenated alkanes) is 1. The van der Waals surface area contributed by atoms with Gasteiger partial charge in [0.1, 0.15) is 11.4 Å². The van der Waals surface area contributed by atoms with Crippen molar-refractivity contribution in [2.45, 2.75) is 37.6 Å². The second-order valence-corrected chi connectivity index (χ2v) is 9.46. The summed E-state index contributed by atoms with van der Waals surface area (Å²) in [7, 11) is 0. The molecule has 2 amide bonds. The fourth-order valence-corrected chi connectivity index (χ4v) is 4.54. The largest absolute Gasteiger partial charge is 0.481 e. The maximum Gasteiger partial charge on any atom is 0.305 e. The number of aliphatic carboxylic acids is 1. The quantitative estimate of drug-likeness (QED) is 0.177. The van der Waals surface area contributed by atoms with E-state index >= 15 is 0 Å². The van der Waals surface area contributed by atoms with Crippen molar-refractivity contribution in [3.8, 4) is 0 Å². The molecule has 12 heteroatoms. The number of carboxylic acid groups (broad SMARTS) is 1. The van der Waals surface area contributed by atoms with Crippen molar-refractivity contribution in [3.05, 3.63) is 69.8 Å². The Bertz CT molecular complexity index is 1210. The first-order chi connectivity index (χ1) is 17.9. The maximum absolute atomic E-state index is 12.8. The van der Waals surface area contributed by atoms with Crippen LogP contribution in [0, 0.1) is 0 Å². The third kappa shape index (κ3) is 8.96. The number of nitrogens with one attached hydrogen (secondary N) is 3. The van der Waals surface area contributed by atoms with Crippen molar-refractivity contribution in [2.24, 2.45) is 0 Å². The molecule has 2 atom stereocenters. The molecule has 0 fully saturated rings. The number of carboxylic acids is 1. The van der Waals surface area contributed by atoms with Gasteiger partial charge < -0.3 is 25.9 Å². The first-order valence-corrected chi connectivity index (χ1v) is 12.7. The van der Waals surface area contributed by atoms with Crippen LogP contribution in [0.4, 0.5) is 11.5 Å². The second kappa shape index (κ2) is 14.0. The molecule has 37 heavy (non-hydrogen) atoms. The zero-order valence-electron chi connectivity index (χ0n) is 19.7. The van der Waals surface area contributed by atoms with Crippen LogP contribution < -0.4 is 16.0 Å². The highest BCUT2D eigenvalue weighted by Crippen LogP contribution is 2.27. The molecule has 10 nitrogen and oxygen atoms in total. The smallest absolute Gasteiger partial charge is 0.305 e. The summed E-state index contributed by atoms with van der Waals surface area (Å²) in [6.45, 7) is 0.422. The minimum atomic E-state index is -1.16. The van der Waals surface area contributed by atoms with E-state index in [1.165, 1.54) is 23.7 Å². The molecule has 3 rings (SSSR count). The fraction of sp³-hybridized carbons (Fsp3) is 0.280. The molecule has 194 valence electrons. The molecule has 0 saturated carbocycles. The van der Waals surface area contributed by atoms with Crippen LogP contribution in [0.2, 0.25) is 5.15 Å². The number of aromatic nitrogens is 2. The van der Waals surface area contributed by atoms with Gasteiger partial charge in [0, 0.05) is 22.7 Å².